The van der Waals surface area contributed by atoms with Crippen LogP contribution in [-0.2, 0) is 16.1 Å². The van der Waals surface area contributed by atoms with Gasteiger partial charge >= 0.3 is 0 Å². The van der Waals surface area contributed by atoms with Crippen molar-refractivity contribution < 1.29 is 9.59 Å². The molecule has 1 aromatic heterocycles. The third-order valence-electron chi connectivity index (χ3n) is 5.81. The van der Waals surface area contributed by atoms with Crippen LogP contribution in [0.2, 0.25) is 5.02 Å². The number of hydrogen-bond acceptors (Lipinski definition) is 4. The fraction of sp³-hybridized carbons (Fsp3) is 0.286. The van der Waals surface area contributed by atoms with E-state index in [1.165, 1.54) is 11.0 Å². The van der Waals surface area contributed by atoms with Crippen LogP contribution in [0.5, 0.6) is 0 Å². The minimum Gasteiger partial charge on any atom is -0.366 e. The lowest BCUT2D eigenvalue weighted by molar-refractivity contribution is -0.121. The molecule has 2 atom stereocenters. The fourth-order valence-electron chi connectivity index (χ4n) is 4.61. The summed E-state index contributed by atoms with van der Waals surface area (Å²) in [5, 5.41) is 0.550. The van der Waals surface area contributed by atoms with Gasteiger partial charge in [0.05, 0.1) is 5.69 Å². The summed E-state index contributed by atoms with van der Waals surface area (Å²) in [4.78, 5) is 40.9. The number of imide groups is 1. The van der Waals surface area contributed by atoms with Crippen molar-refractivity contribution in [3.05, 3.63) is 75.3 Å². The molecule has 28 heavy (non-hydrogen) atoms. The number of likely N-dealkylation sites (tertiary alicyclic amines) is 1. The van der Waals surface area contributed by atoms with Gasteiger partial charge in [0.2, 0.25) is 0 Å². The third kappa shape index (κ3) is 2.67. The maximum atomic E-state index is 13.0. The van der Waals surface area contributed by atoms with E-state index in [0.29, 0.717) is 36.0 Å². The number of rotatable bonds is 2. The summed E-state index contributed by atoms with van der Waals surface area (Å²) in [7, 11) is 0. The molecule has 5 rings (SSSR count). The Hall–Kier alpha value is -2.86. The SMILES string of the molecule is O=C1C=C(N2C[C@H]3C[C@@H](C2)c2cccc(=O)n2C3)C(=O)N1c1ccc(Cl)cc1. The van der Waals surface area contributed by atoms with Crippen molar-refractivity contribution in [1.82, 2.24) is 9.47 Å². The van der Waals surface area contributed by atoms with Crippen LogP contribution in [0.3, 0.4) is 0 Å². The Labute approximate surface area is 166 Å². The first-order valence-corrected chi connectivity index (χ1v) is 9.69. The van der Waals surface area contributed by atoms with Gasteiger partial charge in [-0.2, -0.15) is 0 Å². The molecule has 0 aliphatic carbocycles. The zero-order chi connectivity index (χ0) is 19.4. The number of piperidine rings is 1. The maximum Gasteiger partial charge on any atom is 0.281 e. The summed E-state index contributed by atoms with van der Waals surface area (Å²) >= 11 is 5.91. The predicted octanol–water partition coefficient (Wildman–Crippen LogP) is 2.38. The van der Waals surface area contributed by atoms with Crippen molar-refractivity contribution in [2.24, 2.45) is 5.92 Å². The summed E-state index contributed by atoms with van der Waals surface area (Å²) in [6.07, 6.45) is 2.42. The van der Waals surface area contributed by atoms with Gasteiger partial charge in [0, 0.05) is 48.4 Å². The molecule has 7 heteroatoms. The van der Waals surface area contributed by atoms with Gasteiger partial charge in [0.1, 0.15) is 5.70 Å². The lowest BCUT2D eigenvalue weighted by atomic mass is 9.83. The van der Waals surface area contributed by atoms with E-state index in [0.717, 1.165) is 12.1 Å². The number of amides is 2. The van der Waals surface area contributed by atoms with Gasteiger partial charge in [-0.3, -0.25) is 14.4 Å². The lowest BCUT2D eigenvalue weighted by Gasteiger charge is -2.43. The number of anilines is 1. The van der Waals surface area contributed by atoms with E-state index in [9.17, 15) is 14.4 Å². The largest absolute Gasteiger partial charge is 0.366 e. The molecule has 2 bridgehead atoms. The number of pyridine rings is 1. The van der Waals surface area contributed by atoms with E-state index < -0.39 is 0 Å². The number of nitrogens with zero attached hydrogens (tertiary/aromatic N) is 3. The van der Waals surface area contributed by atoms with E-state index in [1.54, 1.807) is 36.4 Å². The monoisotopic (exact) mass is 395 g/mol. The average molecular weight is 396 g/mol. The summed E-state index contributed by atoms with van der Waals surface area (Å²) in [5.74, 6) is -0.193. The first-order valence-electron chi connectivity index (χ1n) is 9.31. The molecular weight excluding hydrogens is 378 g/mol. The fourth-order valence-corrected chi connectivity index (χ4v) is 4.74. The van der Waals surface area contributed by atoms with Gasteiger partial charge in [-0.05, 0) is 42.7 Å². The van der Waals surface area contributed by atoms with Crippen LogP contribution < -0.4 is 10.5 Å². The number of aromatic nitrogens is 1. The highest BCUT2D eigenvalue weighted by molar-refractivity contribution is 6.32. The van der Waals surface area contributed by atoms with Crippen LogP contribution in [0.4, 0.5) is 5.69 Å². The van der Waals surface area contributed by atoms with Crippen LogP contribution in [0, 0.1) is 5.92 Å². The Morgan fingerprint density at radius 2 is 1.71 bits per heavy atom. The van der Waals surface area contributed by atoms with E-state index >= 15 is 0 Å². The number of fused-ring (bicyclic) bond motifs is 4. The second-order valence-corrected chi connectivity index (χ2v) is 8.02. The molecule has 0 radical (unpaired) electrons. The smallest absolute Gasteiger partial charge is 0.281 e. The summed E-state index contributed by atoms with van der Waals surface area (Å²) in [6, 6.07) is 12.0. The van der Waals surface area contributed by atoms with E-state index in [4.69, 9.17) is 11.6 Å². The van der Waals surface area contributed by atoms with Crippen molar-refractivity contribution in [3.63, 3.8) is 0 Å². The Bertz CT molecular complexity index is 1070. The standard InChI is InChI=1S/C21H18ClN3O3/c22-15-4-6-16(7-5-15)25-20(27)9-18(21(25)28)23-10-13-8-14(12-23)17-2-1-3-19(26)24(17)11-13/h1-7,9,13-14H,8,10-12H2/t13-,14+/m1/s1. The molecule has 1 aromatic carbocycles. The van der Waals surface area contributed by atoms with Crippen molar-refractivity contribution in [2.75, 3.05) is 18.0 Å². The number of carbonyl (C=O) groups is 2. The van der Waals surface area contributed by atoms with Crippen molar-refractivity contribution >= 4 is 29.1 Å². The number of hydrogen-bond donors (Lipinski definition) is 0. The molecule has 4 heterocycles. The zero-order valence-electron chi connectivity index (χ0n) is 15.0. The van der Waals surface area contributed by atoms with Gasteiger partial charge in [0.25, 0.3) is 17.4 Å². The molecule has 0 saturated carbocycles. The summed E-state index contributed by atoms with van der Waals surface area (Å²) < 4.78 is 1.85. The second kappa shape index (κ2) is 6.34. The average Bonchev–Trinajstić information content (AvgIpc) is 2.98. The minimum atomic E-state index is -0.338. The normalized spacial score (nSPS) is 23.7. The Balaban J connectivity index is 1.43. The second-order valence-electron chi connectivity index (χ2n) is 7.59. The lowest BCUT2D eigenvalue weighted by Crippen LogP contribution is -2.48. The van der Waals surface area contributed by atoms with Crippen molar-refractivity contribution in [3.8, 4) is 0 Å². The van der Waals surface area contributed by atoms with E-state index in [-0.39, 0.29) is 29.2 Å². The van der Waals surface area contributed by atoms with Crippen LogP contribution in [0.15, 0.2) is 59.0 Å². The van der Waals surface area contributed by atoms with Gasteiger partial charge in [-0.15, -0.1) is 0 Å². The molecular formula is C21H18ClN3O3. The molecule has 1 fully saturated rings. The highest BCUT2D eigenvalue weighted by atomic mass is 35.5. The van der Waals surface area contributed by atoms with Crippen LogP contribution >= 0.6 is 11.6 Å². The van der Waals surface area contributed by atoms with Crippen molar-refractivity contribution in [1.29, 1.82) is 0 Å². The van der Waals surface area contributed by atoms with E-state index in [2.05, 4.69) is 0 Å². The molecule has 1 saturated heterocycles. The Morgan fingerprint density at radius 1 is 0.929 bits per heavy atom. The first-order chi connectivity index (χ1) is 13.5. The van der Waals surface area contributed by atoms with Crippen LogP contribution in [-0.4, -0.2) is 34.4 Å². The molecule has 2 aromatic rings. The van der Waals surface area contributed by atoms with E-state index in [1.807, 2.05) is 15.5 Å². The molecule has 0 unspecified atom stereocenters. The Morgan fingerprint density at radius 3 is 2.50 bits per heavy atom. The summed E-state index contributed by atoms with van der Waals surface area (Å²) in [6.45, 7) is 1.94. The molecule has 6 nitrogen and oxygen atoms in total. The first kappa shape index (κ1) is 17.3. The maximum absolute atomic E-state index is 13.0. The molecule has 3 aliphatic rings. The van der Waals surface area contributed by atoms with Crippen LogP contribution in [0.25, 0.3) is 0 Å². The van der Waals surface area contributed by atoms with Gasteiger partial charge < -0.3 is 9.47 Å². The Kier molecular flexibility index (Phi) is 3.91. The number of halogens is 1. The van der Waals surface area contributed by atoms with Gasteiger partial charge in [-0.1, -0.05) is 17.7 Å². The van der Waals surface area contributed by atoms with Gasteiger partial charge in [-0.25, -0.2) is 4.90 Å². The minimum absolute atomic E-state index is 0.0286. The van der Waals surface area contributed by atoms with Gasteiger partial charge in [0.15, 0.2) is 0 Å². The highest BCUT2D eigenvalue weighted by Crippen LogP contribution is 2.37. The van der Waals surface area contributed by atoms with Crippen LogP contribution in [0.1, 0.15) is 18.0 Å². The predicted molar refractivity (Wildman–Crippen MR) is 105 cm³/mol. The molecule has 0 spiro atoms. The third-order valence-corrected chi connectivity index (χ3v) is 6.06. The topological polar surface area (TPSA) is 62.6 Å². The molecule has 142 valence electrons. The summed E-state index contributed by atoms with van der Waals surface area (Å²) in [5.41, 5.74) is 1.99. The number of benzene rings is 1. The molecule has 0 N–H and O–H groups in total. The molecule has 2 amide bonds. The molecule has 3 aliphatic heterocycles. The highest BCUT2D eigenvalue weighted by Gasteiger charge is 2.41. The quantitative estimate of drug-likeness (QED) is 0.732. The number of carbonyl (C=O) groups excluding carboxylic acids is 2. The van der Waals surface area contributed by atoms with Crippen molar-refractivity contribution in [2.45, 2.75) is 18.9 Å². The zero-order valence-corrected chi connectivity index (χ0v) is 15.8.